The maximum absolute atomic E-state index is 12.8. The number of nitrogens with one attached hydrogen (secondary N) is 2. The molecule has 0 aliphatic carbocycles. The van der Waals surface area contributed by atoms with Gasteiger partial charge in [0.2, 0.25) is 11.8 Å². The van der Waals surface area contributed by atoms with Gasteiger partial charge in [-0.3, -0.25) is 14.8 Å². The molecule has 152 valence electrons. The quantitative estimate of drug-likeness (QED) is 0.231. The van der Waals surface area contributed by atoms with Crippen LogP contribution < -0.4 is 10.8 Å². The number of carbonyl (C=O) groups excluding carboxylic acids is 3. The number of rotatable bonds is 10. The minimum absolute atomic E-state index is 0.0938. The molecule has 0 radical (unpaired) electrons. The highest BCUT2D eigenvalue weighted by Crippen LogP contribution is 2.25. The van der Waals surface area contributed by atoms with Crippen molar-refractivity contribution in [2.45, 2.75) is 54.0 Å². The molecule has 2 amide bonds. The normalized spacial score (nSPS) is 15.1. The van der Waals surface area contributed by atoms with Gasteiger partial charge in [-0.05, 0) is 17.8 Å². The molecule has 8 heteroatoms. The van der Waals surface area contributed by atoms with Crippen molar-refractivity contribution in [3.8, 4) is 0 Å². The van der Waals surface area contributed by atoms with Crippen molar-refractivity contribution in [2.75, 3.05) is 20.3 Å². The number of ether oxygens (including phenoxy) is 2. The Labute approximate surface area is 156 Å². The predicted octanol–water partition coefficient (Wildman–Crippen LogP) is 1.51. The van der Waals surface area contributed by atoms with E-state index < -0.39 is 41.1 Å². The molecule has 0 aliphatic rings. The zero-order valence-corrected chi connectivity index (χ0v) is 16.9. The van der Waals surface area contributed by atoms with Crippen LogP contribution >= 0.6 is 0 Å². The van der Waals surface area contributed by atoms with Gasteiger partial charge in [0.05, 0.1) is 6.61 Å². The fourth-order valence-electron chi connectivity index (χ4n) is 2.52. The fourth-order valence-corrected chi connectivity index (χ4v) is 2.52. The van der Waals surface area contributed by atoms with Crippen LogP contribution in [0.2, 0.25) is 0 Å². The lowest BCUT2D eigenvalue weighted by Crippen LogP contribution is -2.53. The average Bonchev–Trinajstić information content (AvgIpc) is 2.54. The number of hydrogen-bond acceptors (Lipinski definition) is 6. The summed E-state index contributed by atoms with van der Waals surface area (Å²) >= 11 is 0. The van der Waals surface area contributed by atoms with Crippen LogP contribution in [0.15, 0.2) is 0 Å². The first-order chi connectivity index (χ1) is 11.9. The monoisotopic (exact) mass is 374 g/mol. The van der Waals surface area contributed by atoms with Crippen molar-refractivity contribution in [3.63, 3.8) is 0 Å². The van der Waals surface area contributed by atoms with E-state index >= 15 is 0 Å². The summed E-state index contributed by atoms with van der Waals surface area (Å²) in [7, 11) is 1.50. The molecule has 26 heavy (non-hydrogen) atoms. The van der Waals surface area contributed by atoms with E-state index in [-0.39, 0.29) is 19.1 Å². The number of methoxy groups -OCH3 is 1. The van der Waals surface area contributed by atoms with E-state index in [4.69, 9.17) is 14.7 Å². The Morgan fingerprint density at radius 3 is 2.04 bits per heavy atom. The van der Waals surface area contributed by atoms with Crippen LogP contribution in [0.4, 0.5) is 0 Å². The average molecular weight is 374 g/mol. The SMILES string of the molecule is COCCOC(=O)C(NC(=O)[C@H](CC(C)C)[C@H](C)C(=O)NO)C(C)(C)C. The Bertz CT molecular complexity index is 473. The van der Waals surface area contributed by atoms with Crippen LogP contribution in [0.1, 0.15) is 48.0 Å². The molecule has 0 aromatic carbocycles. The second-order valence-electron chi connectivity index (χ2n) is 7.97. The van der Waals surface area contributed by atoms with Crippen LogP contribution in [0.25, 0.3) is 0 Å². The van der Waals surface area contributed by atoms with E-state index in [2.05, 4.69) is 5.32 Å². The van der Waals surface area contributed by atoms with Gasteiger partial charge in [0, 0.05) is 18.9 Å². The summed E-state index contributed by atoms with van der Waals surface area (Å²) < 4.78 is 10.0. The molecule has 8 nitrogen and oxygen atoms in total. The molecular weight excluding hydrogens is 340 g/mol. The molecule has 0 spiro atoms. The number of carbonyl (C=O) groups is 3. The third-order valence-corrected chi connectivity index (χ3v) is 4.11. The molecule has 3 atom stereocenters. The molecule has 0 saturated heterocycles. The summed E-state index contributed by atoms with van der Waals surface area (Å²) in [5.41, 5.74) is 1.01. The highest BCUT2D eigenvalue weighted by molar-refractivity contribution is 5.90. The smallest absolute Gasteiger partial charge is 0.329 e. The Morgan fingerprint density at radius 1 is 1.04 bits per heavy atom. The lowest BCUT2D eigenvalue weighted by molar-refractivity contribution is -0.153. The zero-order valence-electron chi connectivity index (χ0n) is 16.9. The third kappa shape index (κ3) is 8.14. The number of hydrogen-bond donors (Lipinski definition) is 3. The van der Waals surface area contributed by atoms with Crippen molar-refractivity contribution < 1.29 is 29.1 Å². The maximum atomic E-state index is 12.8. The molecule has 0 aromatic rings. The Morgan fingerprint density at radius 2 is 1.62 bits per heavy atom. The predicted molar refractivity (Wildman–Crippen MR) is 96.3 cm³/mol. The van der Waals surface area contributed by atoms with E-state index in [1.165, 1.54) is 7.11 Å². The van der Waals surface area contributed by atoms with Crippen molar-refractivity contribution in [2.24, 2.45) is 23.2 Å². The van der Waals surface area contributed by atoms with Crippen LogP contribution in [0, 0.1) is 23.2 Å². The van der Waals surface area contributed by atoms with Gasteiger partial charge in [-0.1, -0.05) is 41.5 Å². The zero-order chi connectivity index (χ0) is 20.5. The second-order valence-corrected chi connectivity index (χ2v) is 7.97. The molecule has 0 aliphatic heterocycles. The Hall–Kier alpha value is -1.67. The van der Waals surface area contributed by atoms with E-state index in [1.54, 1.807) is 12.4 Å². The van der Waals surface area contributed by atoms with E-state index in [0.29, 0.717) is 6.42 Å². The summed E-state index contributed by atoms with van der Waals surface area (Å²) in [6.07, 6.45) is 0.440. The molecule has 0 fully saturated rings. The highest BCUT2D eigenvalue weighted by Gasteiger charge is 2.38. The Kier molecular flexibility index (Phi) is 10.4. The van der Waals surface area contributed by atoms with Gasteiger partial charge < -0.3 is 14.8 Å². The van der Waals surface area contributed by atoms with Gasteiger partial charge in [0.1, 0.15) is 12.6 Å². The van der Waals surface area contributed by atoms with Crippen molar-refractivity contribution in [3.05, 3.63) is 0 Å². The van der Waals surface area contributed by atoms with Crippen LogP contribution in [-0.2, 0) is 23.9 Å². The molecule has 3 N–H and O–H groups in total. The number of amides is 2. The van der Waals surface area contributed by atoms with Crippen LogP contribution in [0.3, 0.4) is 0 Å². The Balaban J connectivity index is 5.32. The molecular formula is C18H34N2O6. The summed E-state index contributed by atoms with van der Waals surface area (Å²) in [6.45, 7) is 11.2. The van der Waals surface area contributed by atoms with Gasteiger partial charge in [-0.25, -0.2) is 10.3 Å². The van der Waals surface area contributed by atoms with Crippen LogP contribution in [0.5, 0.6) is 0 Å². The molecule has 0 saturated carbocycles. The summed E-state index contributed by atoms with van der Waals surface area (Å²) in [5, 5.41) is 11.6. The third-order valence-electron chi connectivity index (χ3n) is 4.11. The molecule has 0 bridgehead atoms. The second kappa shape index (κ2) is 11.1. The summed E-state index contributed by atoms with van der Waals surface area (Å²) in [4.78, 5) is 37.0. The topological polar surface area (TPSA) is 114 Å². The molecule has 1 unspecified atom stereocenters. The number of hydroxylamine groups is 1. The first kappa shape index (κ1) is 24.3. The van der Waals surface area contributed by atoms with Gasteiger partial charge in [0.25, 0.3) is 0 Å². The maximum Gasteiger partial charge on any atom is 0.329 e. The lowest BCUT2D eigenvalue weighted by atomic mass is 9.83. The highest BCUT2D eigenvalue weighted by atomic mass is 16.6. The minimum Gasteiger partial charge on any atom is -0.462 e. The van der Waals surface area contributed by atoms with E-state index in [9.17, 15) is 14.4 Å². The molecule has 0 heterocycles. The number of esters is 1. The molecule has 0 aromatic heterocycles. The summed E-state index contributed by atoms with van der Waals surface area (Å²) in [6, 6.07) is -0.870. The van der Waals surface area contributed by atoms with Gasteiger partial charge in [-0.15, -0.1) is 0 Å². The summed E-state index contributed by atoms with van der Waals surface area (Å²) in [5.74, 6) is -2.88. The largest absolute Gasteiger partial charge is 0.462 e. The molecule has 0 rings (SSSR count). The first-order valence-electron chi connectivity index (χ1n) is 8.85. The minimum atomic E-state index is -0.870. The van der Waals surface area contributed by atoms with E-state index in [0.717, 1.165) is 0 Å². The van der Waals surface area contributed by atoms with Crippen molar-refractivity contribution >= 4 is 17.8 Å². The van der Waals surface area contributed by atoms with Gasteiger partial charge in [-0.2, -0.15) is 0 Å². The first-order valence-corrected chi connectivity index (χ1v) is 8.85. The lowest BCUT2D eigenvalue weighted by Gasteiger charge is -2.32. The van der Waals surface area contributed by atoms with Crippen molar-refractivity contribution in [1.29, 1.82) is 0 Å². The van der Waals surface area contributed by atoms with E-state index in [1.807, 2.05) is 34.6 Å². The standard InChI is InChI=1S/C18H34N2O6/c1-11(2)10-13(12(3)15(21)20-24)16(22)19-14(18(4,5)6)17(23)26-9-8-25-7/h11-14,24H,8-10H2,1-7H3,(H,19,22)(H,20,21)/t12-,13+,14?/m0/s1. The van der Waals surface area contributed by atoms with Crippen LogP contribution in [-0.4, -0.2) is 49.4 Å². The van der Waals surface area contributed by atoms with Gasteiger partial charge in [0.15, 0.2) is 0 Å². The van der Waals surface area contributed by atoms with Gasteiger partial charge >= 0.3 is 5.97 Å². The fraction of sp³-hybridized carbons (Fsp3) is 0.833. The van der Waals surface area contributed by atoms with Crippen molar-refractivity contribution in [1.82, 2.24) is 10.8 Å².